The van der Waals surface area contributed by atoms with Crippen molar-refractivity contribution in [3.63, 3.8) is 0 Å². The molecule has 1 heterocycles. The molecule has 0 spiro atoms. The van der Waals surface area contributed by atoms with Gasteiger partial charge in [-0.05, 0) is 48.5 Å². The Morgan fingerprint density at radius 2 is 1.59 bits per heavy atom. The van der Waals surface area contributed by atoms with Crippen LogP contribution in [-0.4, -0.2) is 47.5 Å². The van der Waals surface area contributed by atoms with Crippen molar-refractivity contribution in [2.75, 3.05) is 24.1 Å². The van der Waals surface area contributed by atoms with Gasteiger partial charge >= 0.3 is 5.97 Å². The molecule has 0 aromatic heterocycles. The molecule has 3 aromatic rings. The number of benzene rings is 3. The number of amides is 2. The summed E-state index contributed by atoms with van der Waals surface area (Å²) in [5.74, 6) is 6.30. The maximum Gasteiger partial charge on any atom is 0.337 e. The first-order valence-electron chi connectivity index (χ1n) is 10.6. The van der Waals surface area contributed by atoms with E-state index in [-0.39, 0.29) is 11.8 Å². The van der Waals surface area contributed by atoms with Crippen LogP contribution in [0.15, 0.2) is 78.9 Å². The van der Waals surface area contributed by atoms with Crippen molar-refractivity contribution in [1.82, 2.24) is 4.90 Å². The van der Waals surface area contributed by atoms with Crippen LogP contribution in [0, 0.1) is 11.8 Å². The number of thioether (sulfide) groups is 1. The quantitative estimate of drug-likeness (QED) is 0.460. The summed E-state index contributed by atoms with van der Waals surface area (Å²) >= 11 is 1.55. The molecule has 7 heteroatoms. The van der Waals surface area contributed by atoms with E-state index in [4.69, 9.17) is 4.74 Å². The van der Waals surface area contributed by atoms with E-state index in [1.807, 2.05) is 24.3 Å². The van der Waals surface area contributed by atoms with Gasteiger partial charge in [0.15, 0.2) is 0 Å². The summed E-state index contributed by atoms with van der Waals surface area (Å²) in [6.45, 7) is 0. The molecular formula is C27H22N2O4S. The molecule has 1 saturated heterocycles. The molecule has 1 aliphatic rings. The van der Waals surface area contributed by atoms with Crippen molar-refractivity contribution >= 4 is 35.2 Å². The molecule has 1 aliphatic heterocycles. The Labute approximate surface area is 202 Å². The topological polar surface area (TPSA) is 75.7 Å². The lowest BCUT2D eigenvalue weighted by Crippen LogP contribution is -2.44. The molecule has 0 radical (unpaired) electrons. The summed E-state index contributed by atoms with van der Waals surface area (Å²) in [7, 11) is 1.33. The highest BCUT2D eigenvalue weighted by Gasteiger charge is 2.35. The number of ether oxygens (including phenoxy) is 1. The third-order valence-corrected chi connectivity index (χ3v) is 6.24. The molecule has 0 unspecified atom stereocenters. The first kappa shape index (κ1) is 23.1. The molecular weight excluding hydrogens is 448 g/mol. The molecule has 1 N–H and O–H groups in total. The standard InChI is InChI=1S/C27H22N2O4S/c1-33-27(32)22-11-5-7-19(15-22)13-14-20-8-6-12-23(16-20)28-25(30)24-17-34-18-29(24)26(31)21-9-3-2-4-10-21/h2-12,15-16,24H,17-18H2,1H3,(H,28,30)/t24-/m0/s1. The van der Waals surface area contributed by atoms with Crippen LogP contribution in [0.4, 0.5) is 5.69 Å². The SMILES string of the molecule is COC(=O)c1cccc(C#Cc2cccc(NC(=O)[C@@H]3CSCN3C(=O)c3ccccc3)c2)c1. The molecule has 2 amide bonds. The Bertz CT molecular complexity index is 1280. The molecule has 0 aliphatic carbocycles. The van der Waals surface area contributed by atoms with E-state index in [1.165, 1.54) is 7.11 Å². The molecule has 1 fully saturated rings. The van der Waals surface area contributed by atoms with E-state index in [2.05, 4.69) is 17.2 Å². The van der Waals surface area contributed by atoms with Gasteiger partial charge in [-0.25, -0.2) is 4.79 Å². The molecule has 0 saturated carbocycles. The molecule has 1 atom stereocenters. The maximum atomic E-state index is 13.0. The summed E-state index contributed by atoms with van der Waals surface area (Å²) < 4.78 is 4.74. The van der Waals surface area contributed by atoms with Crippen LogP contribution in [0.5, 0.6) is 0 Å². The fourth-order valence-corrected chi connectivity index (χ4v) is 4.65. The number of esters is 1. The highest BCUT2D eigenvalue weighted by Crippen LogP contribution is 2.24. The summed E-state index contributed by atoms with van der Waals surface area (Å²) in [4.78, 5) is 39.2. The van der Waals surface area contributed by atoms with Gasteiger partial charge in [-0.2, -0.15) is 0 Å². The van der Waals surface area contributed by atoms with Crippen LogP contribution in [-0.2, 0) is 9.53 Å². The summed E-state index contributed by atoms with van der Waals surface area (Å²) in [5.41, 5.74) is 2.98. The Balaban J connectivity index is 1.46. The minimum absolute atomic E-state index is 0.153. The second-order valence-corrected chi connectivity index (χ2v) is 8.55. The van der Waals surface area contributed by atoms with Gasteiger partial charge in [0, 0.05) is 28.1 Å². The maximum absolute atomic E-state index is 13.0. The largest absolute Gasteiger partial charge is 0.465 e. The van der Waals surface area contributed by atoms with E-state index in [9.17, 15) is 14.4 Å². The Morgan fingerprint density at radius 3 is 2.32 bits per heavy atom. The number of carbonyl (C=O) groups excluding carboxylic acids is 3. The first-order valence-corrected chi connectivity index (χ1v) is 11.8. The number of rotatable bonds is 4. The lowest BCUT2D eigenvalue weighted by atomic mass is 10.1. The lowest BCUT2D eigenvalue weighted by Gasteiger charge is -2.23. The zero-order valence-electron chi connectivity index (χ0n) is 18.5. The zero-order valence-corrected chi connectivity index (χ0v) is 19.3. The van der Waals surface area contributed by atoms with Gasteiger partial charge in [0.05, 0.1) is 18.6 Å². The van der Waals surface area contributed by atoms with Gasteiger partial charge in [0.2, 0.25) is 5.91 Å². The normalized spacial score (nSPS) is 14.6. The average molecular weight is 471 g/mol. The molecule has 170 valence electrons. The predicted molar refractivity (Wildman–Crippen MR) is 133 cm³/mol. The van der Waals surface area contributed by atoms with E-state index in [1.54, 1.807) is 71.3 Å². The number of nitrogens with zero attached hydrogens (tertiary/aromatic N) is 1. The fourth-order valence-electron chi connectivity index (χ4n) is 3.49. The number of hydrogen-bond acceptors (Lipinski definition) is 5. The summed E-state index contributed by atoms with van der Waals surface area (Å²) in [6.07, 6.45) is 0. The van der Waals surface area contributed by atoms with E-state index < -0.39 is 12.0 Å². The van der Waals surface area contributed by atoms with Crippen LogP contribution in [0.2, 0.25) is 0 Å². The van der Waals surface area contributed by atoms with Crippen LogP contribution in [0.3, 0.4) is 0 Å². The second kappa shape index (κ2) is 10.7. The molecule has 4 rings (SSSR count). The van der Waals surface area contributed by atoms with Crippen molar-refractivity contribution in [3.05, 3.63) is 101 Å². The number of methoxy groups -OCH3 is 1. The van der Waals surface area contributed by atoms with Gasteiger partial charge in [-0.1, -0.05) is 42.2 Å². The molecule has 3 aromatic carbocycles. The van der Waals surface area contributed by atoms with Crippen molar-refractivity contribution in [1.29, 1.82) is 0 Å². The van der Waals surface area contributed by atoms with Crippen molar-refractivity contribution in [2.24, 2.45) is 0 Å². The molecule has 0 bridgehead atoms. The number of nitrogens with one attached hydrogen (secondary N) is 1. The van der Waals surface area contributed by atoms with Gasteiger partial charge in [-0.15, -0.1) is 11.8 Å². The monoisotopic (exact) mass is 470 g/mol. The molecule has 6 nitrogen and oxygen atoms in total. The lowest BCUT2D eigenvalue weighted by molar-refractivity contribution is -0.119. The van der Waals surface area contributed by atoms with Crippen LogP contribution >= 0.6 is 11.8 Å². The van der Waals surface area contributed by atoms with Gasteiger partial charge in [-0.3, -0.25) is 9.59 Å². The molecule has 34 heavy (non-hydrogen) atoms. The smallest absolute Gasteiger partial charge is 0.337 e. The summed E-state index contributed by atoms with van der Waals surface area (Å²) in [6, 6.07) is 22.5. The third kappa shape index (κ3) is 5.48. The Morgan fingerprint density at radius 1 is 0.912 bits per heavy atom. The Kier molecular flexibility index (Phi) is 7.31. The van der Waals surface area contributed by atoms with Gasteiger partial charge < -0.3 is 15.0 Å². The number of carbonyl (C=O) groups is 3. The van der Waals surface area contributed by atoms with Crippen molar-refractivity contribution in [2.45, 2.75) is 6.04 Å². The van der Waals surface area contributed by atoms with E-state index >= 15 is 0 Å². The highest BCUT2D eigenvalue weighted by atomic mass is 32.2. The average Bonchev–Trinajstić information content (AvgIpc) is 3.38. The zero-order chi connectivity index (χ0) is 23.9. The minimum atomic E-state index is -0.548. The number of anilines is 1. The Hall–Kier alpha value is -4.02. The number of hydrogen-bond donors (Lipinski definition) is 1. The highest BCUT2D eigenvalue weighted by molar-refractivity contribution is 7.99. The van der Waals surface area contributed by atoms with Crippen LogP contribution in [0.1, 0.15) is 31.8 Å². The predicted octanol–water partition coefficient (Wildman–Crippen LogP) is 4.03. The third-order valence-electron chi connectivity index (χ3n) is 5.23. The first-order chi connectivity index (χ1) is 16.5. The van der Waals surface area contributed by atoms with Crippen molar-refractivity contribution < 1.29 is 19.1 Å². The summed E-state index contributed by atoms with van der Waals surface area (Å²) in [5, 5.41) is 2.92. The van der Waals surface area contributed by atoms with Crippen molar-refractivity contribution in [3.8, 4) is 11.8 Å². The minimum Gasteiger partial charge on any atom is -0.465 e. The van der Waals surface area contributed by atoms with Crippen LogP contribution in [0.25, 0.3) is 0 Å². The van der Waals surface area contributed by atoms with Crippen LogP contribution < -0.4 is 5.32 Å². The van der Waals surface area contributed by atoms with Gasteiger partial charge in [0.25, 0.3) is 5.91 Å². The second-order valence-electron chi connectivity index (χ2n) is 7.55. The van der Waals surface area contributed by atoms with Gasteiger partial charge in [0.1, 0.15) is 6.04 Å². The van der Waals surface area contributed by atoms with E-state index in [0.717, 1.165) is 0 Å². The fraction of sp³-hybridized carbons (Fsp3) is 0.148. The van der Waals surface area contributed by atoms with E-state index in [0.29, 0.717) is 39.6 Å².